The van der Waals surface area contributed by atoms with Crippen molar-refractivity contribution in [2.45, 2.75) is 77.5 Å². The van der Waals surface area contributed by atoms with Gasteiger partial charge < -0.3 is 24.9 Å². The largest absolute Gasteiger partial charge is 0.489 e. The Hall–Kier alpha value is -3.68. The molecule has 2 unspecified atom stereocenters. The van der Waals surface area contributed by atoms with Crippen molar-refractivity contribution in [3.8, 4) is 5.75 Å². The van der Waals surface area contributed by atoms with E-state index in [1.165, 1.54) is 7.11 Å². The number of unbranched alkanes of at least 4 members (excludes halogenated alkanes) is 3. The summed E-state index contributed by atoms with van der Waals surface area (Å²) in [6, 6.07) is 15.8. The van der Waals surface area contributed by atoms with Crippen LogP contribution in [0.15, 0.2) is 54.6 Å². The van der Waals surface area contributed by atoms with Crippen molar-refractivity contribution in [1.29, 1.82) is 0 Å². The third-order valence-electron chi connectivity index (χ3n) is 6.15. The first-order chi connectivity index (χ1) is 18.3. The van der Waals surface area contributed by atoms with Crippen LogP contribution in [0.1, 0.15) is 63.5 Å². The minimum absolute atomic E-state index is 0.146. The lowest BCUT2D eigenvalue weighted by Crippen LogP contribution is -2.52. The molecule has 0 heterocycles. The second-order valence-electron chi connectivity index (χ2n) is 9.65. The van der Waals surface area contributed by atoms with Crippen LogP contribution in [0, 0.1) is 5.92 Å². The fraction of sp³-hybridized carbons (Fsp3) is 0.467. The summed E-state index contributed by atoms with van der Waals surface area (Å²) in [6.45, 7) is 4.16. The summed E-state index contributed by atoms with van der Waals surface area (Å²) >= 11 is 0. The molecule has 8 nitrogen and oxygen atoms in total. The molecule has 0 radical (unpaired) electrons. The van der Waals surface area contributed by atoms with Gasteiger partial charge >= 0.3 is 5.97 Å². The number of rotatable bonds is 17. The van der Waals surface area contributed by atoms with Gasteiger partial charge in [-0.3, -0.25) is 14.4 Å². The molecule has 2 N–H and O–H groups in total. The molecule has 0 spiro atoms. The van der Waals surface area contributed by atoms with E-state index in [-0.39, 0.29) is 23.7 Å². The lowest BCUT2D eigenvalue weighted by Gasteiger charge is -2.24. The van der Waals surface area contributed by atoms with Crippen molar-refractivity contribution in [3.05, 3.63) is 65.7 Å². The second kappa shape index (κ2) is 16.9. The highest BCUT2D eigenvalue weighted by atomic mass is 16.5. The Labute approximate surface area is 225 Å². The molecule has 2 aromatic carbocycles. The number of aldehydes is 1. The summed E-state index contributed by atoms with van der Waals surface area (Å²) in [5, 5.41) is 5.57. The van der Waals surface area contributed by atoms with Gasteiger partial charge in [-0.1, -0.05) is 69.2 Å². The summed E-state index contributed by atoms with van der Waals surface area (Å²) in [7, 11) is 1.37. The number of hydrogen-bond donors (Lipinski definition) is 2. The maximum Gasteiger partial charge on any atom is 0.305 e. The highest BCUT2D eigenvalue weighted by molar-refractivity contribution is 5.89. The van der Waals surface area contributed by atoms with E-state index in [1.54, 1.807) is 0 Å². The highest BCUT2D eigenvalue weighted by Gasteiger charge is 2.26. The molecule has 38 heavy (non-hydrogen) atoms. The zero-order valence-electron chi connectivity index (χ0n) is 22.6. The topological polar surface area (TPSA) is 111 Å². The van der Waals surface area contributed by atoms with Crippen LogP contribution in [0.4, 0.5) is 0 Å². The van der Waals surface area contributed by atoms with E-state index < -0.39 is 12.1 Å². The first kappa shape index (κ1) is 30.5. The van der Waals surface area contributed by atoms with Crippen LogP contribution in [-0.2, 0) is 36.9 Å². The number of esters is 1. The number of nitrogens with one attached hydrogen (secondary N) is 2. The molecule has 8 heteroatoms. The predicted molar refractivity (Wildman–Crippen MR) is 145 cm³/mol. The average molecular weight is 525 g/mol. The quantitative estimate of drug-likeness (QED) is 0.183. The zero-order chi connectivity index (χ0) is 27.8. The first-order valence-electron chi connectivity index (χ1n) is 13.2. The van der Waals surface area contributed by atoms with Gasteiger partial charge in [0, 0.05) is 12.8 Å². The van der Waals surface area contributed by atoms with E-state index in [0.29, 0.717) is 38.6 Å². The summed E-state index contributed by atoms with van der Waals surface area (Å²) < 4.78 is 10.4. The molecular weight excluding hydrogens is 484 g/mol. The van der Waals surface area contributed by atoms with Crippen LogP contribution in [0.2, 0.25) is 0 Å². The van der Waals surface area contributed by atoms with Crippen molar-refractivity contribution in [3.63, 3.8) is 0 Å². The van der Waals surface area contributed by atoms with Crippen molar-refractivity contribution in [2.24, 2.45) is 5.92 Å². The fourth-order valence-corrected chi connectivity index (χ4v) is 3.91. The van der Waals surface area contributed by atoms with Crippen LogP contribution >= 0.6 is 0 Å². The Morgan fingerprint density at radius 2 is 1.50 bits per heavy atom. The summed E-state index contributed by atoms with van der Waals surface area (Å²) in [6.07, 6.45) is 4.75. The number of hydrogen-bond acceptors (Lipinski definition) is 6. The van der Waals surface area contributed by atoms with Crippen LogP contribution in [0.5, 0.6) is 5.75 Å². The second-order valence-corrected chi connectivity index (χ2v) is 9.65. The predicted octanol–water partition coefficient (Wildman–Crippen LogP) is 4.15. The Kier molecular flexibility index (Phi) is 13.6. The third kappa shape index (κ3) is 11.6. The number of methoxy groups -OCH3 is 1. The van der Waals surface area contributed by atoms with E-state index in [4.69, 9.17) is 4.74 Å². The average Bonchev–Trinajstić information content (AvgIpc) is 2.92. The molecule has 2 aromatic rings. The number of benzene rings is 2. The van der Waals surface area contributed by atoms with Gasteiger partial charge in [0.1, 0.15) is 24.7 Å². The standard InChI is InChI=1S/C30H40N2O6/c1-22(2)29(32-27(34)13-9-4-5-10-14-28(35)37-3)30(36)31-25(20-33)19-23-15-17-26(18-16-23)38-21-24-11-7-6-8-12-24/h6-8,11-12,15-18,20,22,25,29H,4-5,9-10,13-14,19,21H2,1-3H3,(H,31,36)(H,32,34). The van der Waals surface area contributed by atoms with Gasteiger partial charge in [-0.2, -0.15) is 0 Å². The number of carbonyl (C=O) groups excluding carboxylic acids is 4. The summed E-state index contributed by atoms with van der Waals surface area (Å²) in [5.74, 6) is -0.248. The molecule has 0 bridgehead atoms. The molecule has 2 rings (SSSR count). The lowest BCUT2D eigenvalue weighted by molar-refractivity contribution is -0.140. The Morgan fingerprint density at radius 3 is 2.11 bits per heavy atom. The van der Waals surface area contributed by atoms with Crippen LogP contribution in [0.3, 0.4) is 0 Å². The maximum atomic E-state index is 12.9. The summed E-state index contributed by atoms with van der Waals surface area (Å²) in [4.78, 5) is 48.2. The van der Waals surface area contributed by atoms with Crippen LogP contribution in [-0.4, -0.2) is 43.3 Å². The molecule has 0 aliphatic carbocycles. The van der Waals surface area contributed by atoms with E-state index in [9.17, 15) is 19.2 Å². The van der Waals surface area contributed by atoms with E-state index in [2.05, 4.69) is 15.4 Å². The Morgan fingerprint density at radius 1 is 0.842 bits per heavy atom. The molecule has 2 amide bonds. The highest BCUT2D eigenvalue weighted by Crippen LogP contribution is 2.15. The van der Waals surface area contributed by atoms with Gasteiger partial charge in [-0.15, -0.1) is 0 Å². The number of carbonyl (C=O) groups is 4. The molecule has 2 atom stereocenters. The molecule has 0 aliphatic heterocycles. The fourth-order valence-electron chi connectivity index (χ4n) is 3.91. The maximum absolute atomic E-state index is 12.9. The Bertz CT molecular complexity index is 1010. The van der Waals surface area contributed by atoms with Gasteiger partial charge in [-0.05, 0) is 48.4 Å². The van der Waals surface area contributed by atoms with Gasteiger partial charge in [-0.25, -0.2) is 0 Å². The van der Waals surface area contributed by atoms with Crippen molar-refractivity contribution < 1.29 is 28.7 Å². The van der Waals surface area contributed by atoms with Crippen molar-refractivity contribution >= 4 is 24.1 Å². The van der Waals surface area contributed by atoms with Gasteiger partial charge in [0.25, 0.3) is 0 Å². The number of amides is 2. The summed E-state index contributed by atoms with van der Waals surface area (Å²) in [5.41, 5.74) is 1.95. The van der Waals surface area contributed by atoms with Gasteiger partial charge in [0.2, 0.25) is 11.8 Å². The minimum atomic E-state index is -0.738. The molecule has 206 valence electrons. The van der Waals surface area contributed by atoms with Gasteiger partial charge in [0.05, 0.1) is 13.2 Å². The van der Waals surface area contributed by atoms with Crippen LogP contribution < -0.4 is 15.4 Å². The lowest BCUT2D eigenvalue weighted by atomic mass is 10.0. The van der Waals surface area contributed by atoms with Crippen molar-refractivity contribution in [1.82, 2.24) is 10.6 Å². The van der Waals surface area contributed by atoms with Crippen molar-refractivity contribution in [2.75, 3.05) is 7.11 Å². The minimum Gasteiger partial charge on any atom is -0.489 e. The Balaban J connectivity index is 1.79. The van der Waals surface area contributed by atoms with E-state index in [0.717, 1.165) is 36.1 Å². The van der Waals surface area contributed by atoms with Gasteiger partial charge in [0.15, 0.2) is 0 Å². The third-order valence-corrected chi connectivity index (χ3v) is 6.15. The molecular formula is C30H40N2O6. The van der Waals surface area contributed by atoms with E-state index >= 15 is 0 Å². The zero-order valence-corrected chi connectivity index (χ0v) is 22.6. The molecule has 0 aliphatic rings. The molecule has 0 aromatic heterocycles. The van der Waals surface area contributed by atoms with E-state index in [1.807, 2.05) is 68.4 Å². The molecule has 0 fully saturated rings. The van der Waals surface area contributed by atoms with Crippen LogP contribution in [0.25, 0.3) is 0 Å². The smallest absolute Gasteiger partial charge is 0.305 e. The SMILES string of the molecule is COC(=O)CCCCCCC(=O)NC(C(=O)NC(C=O)Cc1ccc(OCc2ccccc2)cc1)C(C)C. The first-order valence-corrected chi connectivity index (χ1v) is 13.2. The molecule has 0 saturated carbocycles. The monoisotopic (exact) mass is 524 g/mol. The molecule has 0 saturated heterocycles. The normalized spacial score (nSPS) is 12.3. The number of ether oxygens (including phenoxy) is 2.